The van der Waals surface area contributed by atoms with Gasteiger partial charge in [0.25, 0.3) is 0 Å². The van der Waals surface area contributed by atoms with E-state index in [9.17, 15) is 14.4 Å². The number of carbonyl (C=O) groups excluding carboxylic acids is 2. The van der Waals surface area contributed by atoms with Crippen LogP contribution in [0.1, 0.15) is 18.4 Å². The number of methoxy groups -OCH3 is 2. The molecule has 0 saturated carbocycles. The monoisotopic (exact) mass is 378 g/mol. The second kappa shape index (κ2) is 9.25. The first-order valence-electron chi connectivity index (χ1n) is 8.81. The van der Waals surface area contributed by atoms with Crippen LogP contribution in [-0.4, -0.2) is 73.6 Å². The summed E-state index contributed by atoms with van der Waals surface area (Å²) in [7, 11) is 4.63. The highest BCUT2D eigenvalue weighted by Gasteiger charge is 2.29. The number of carboxylic acids is 1. The first-order valence-corrected chi connectivity index (χ1v) is 8.81. The van der Waals surface area contributed by atoms with Gasteiger partial charge in [0.2, 0.25) is 11.8 Å². The van der Waals surface area contributed by atoms with Gasteiger partial charge in [0, 0.05) is 20.1 Å². The van der Waals surface area contributed by atoms with Gasteiger partial charge in [-0.3, -0.25) is 14.4 Å². The van der Waals surface area contributed by atoms with Gasteiger partial charge in [-0.25, -0.2) is 0 Å². The Kier molecular flexibility index (Phi) is 7.04. The maximum absolute atomic E-state index is 12.4. The maximum atomic E-state index is 12.4. The predicted octanol–water partition coefficient (Wildman–Crippen LogP) is 1.03. The third-order valence-corrected chi connectivity index (χ3v) is 4.72. The largest absolute Gasteiger partial charge is 0.493 e. The van der Waals surface area contributed by atoms with Gasteiger partial charge in [-0.15, -0.1) is 0 Å². The van der Waals surface area contributed by atoms with Crippen molar-refractivity contribution in [3.8, 4) is 11.5 Å². The summed E-state index contributed by atoms with van der Waals surface area (Å²) in [5, 5.41) is 9.13. The van der Waals surface area contributed by atoms with Crippen molar-refractivity contribution in [2.75, 3.05) is 40.9 Å². The molecule has 2 rings (SSSR count). The van der Waals surface area contributed by atoms with Crippen LogP contribution in [0.25, 0.3) is 0 Å². The standard InChI is InChI=1S/C19H26N2O6/c1-20(12-18(23)21-8-4-5-14(11-21)19(24)25)17(22)10-13-6-7-15(26-2)16(9-13)27-3/h6-7,9,14H,4-5,8,10-12H2,1-3H3,(H,24,25). The van der Waals surface area contributed by atoms with Crippen molar-refractivity contribution >= 4 is 17.8 Å². The highest BCUT2D eigenvalue weighted by molar-refractivity contribution is 5.86. The van der Waals surface area contributed by atoms with Crippen LogP contribution < -0.4 is 9.47 Å². The molecule has 1 fully saturated rings. The number of benzene rings is 1. The van der Waals surface area contributed by atoms with Gasteiger partial charge in [0.05, 0.1) is 33.1 Å². The highest BCUT2D eigenvalue weighted by Crippen LogP contribution is 2.27. The van der Waals surface area contributed by atoms with Gasteiger partial charge in [0.15, 0.2) is 11.5 Å². The molecule has 0 aliphatic carbocycles. The van der Waals surface area contributed by atoms with Crippen LogP contribution in [0.15, 0.2) is 18.2 Å². The van der Waals surface area contributed by atoms with E-state index in [2.05, 4.69) is 0 Å². The number of aliphatic carboxylic acids is 1. The number of ether oxygens (including phenoxy) is 2. The Morgan fingerprint density at radius 2 is 1.93 bits per heavy atom. The van der Waals surface area contributed by atoms with Gasteiger partial charge < -0.3 is 24.4 Å². The smallest absolute Gasteiger partial charge is 0.308 e. The van der Waals surface area contributed by atoms with E-state index < -0.39 is 11.9 Å². The van der Waals surface area contributed by atoms with Crippen molar-refractivity contribution in [1.29, 1.82) is 0 Å². The Morgan fingerprint density at radius 3 is 2.56 bits per heavy atom. The van der Waals surface area contributed by atoms with E-state index >= 15 is 0 Å². The number of hydrogen-bond donors (Lipinski definition) is 1. The van der Waals surface area contributed by atoms with E-state index in [1.807, 2.05) is 0 Å². The number of nitrogens with zero attached hydrogens (tertiary/aromatic N) is 2. The third kappa shape index (κ3) is 5.35. The summed E-state index contributed by atoms with van der Waals surface area (Å²) in [6, 6.07) is 5.23. The highest BCUT2D eigenvalue weighted by atomic mass is 16.5. The molecule has 1 aliphatic heterocycles. The average Bonchev–Trinajstić information content (AvgIpc) is 2.67. The van der Waals surface area contributed by atoms with Gasteiger partial charge in [-0.05, 0) is 30.5 Å². The van der Waals surface area contributed by atoms with E-state index in [1.165, 1.54) is 24.0 Å². The van der Waals surface area contributed by atoms with Crippen LogP contribution in [0.2, 0.25) is 0 Å². The lowest BCUT2D eigenvalue weighted by molar-refractivity contribution is -0.147. The van der Waals surface area contributed by atoms with Crippen molar-refractivity contribution in [2.24, 2.45) is 5.92 Å². The molecule has 27 heavy (non-hydrogen) atoms. The molecule has 1 unspecified atom stereocenters. The molecule has 1 atom stereocenters. The van der Waals surface area contributed by atoms with Crippen LogP contribution >= 0.6 is 0 Å². The molecule has 8 heteroatoms. The number of carbonyl (C=O) groups is 3. The van der Waals surface area contributed by atoms with Gasteiger partial charge in [-0.2, -0.15) is 0 Å². The molecule has 2 amide bonds. The van der Waals surface area contributed by atoms with Crippen molar-refractivity contribution < 1.29 is 29.0 Å². The lowest BCUT2D eigenvalue weighted by Gasteiger charge is -2.32. The second-order valence-electron chi connectivity index (χ2n) is 6.63. The number of amides is 2. The molecular weight excluding hydrogens is 352 g/mol. The van der Waals surface area contributed by atoms with E-state index in [1.54, 1.807) is 25.2 Å². The maximum Gasteiger partial charge on any atom is 0.308 e. The number of likely N-dealkylation sites (N-methyl/N-ethyl adjacent to an activating group) is 1. The molecule has 0 radical (unpaired) electrons. The molecule has 0 aromatic heterocycles. The van der Waals surface area contributed by atoms with Crippen LogP contribution in [0.4, 0.5) is 0 Å². The van der Waals surface area contributed by atoms with Crippen LogP contribution in [0, 0.1) is 5.92 Å². The van der Waals surface area contributed by atoms with Crippen molar-refractivity contribution in [3.05, 3.63) is 23.8 Å². The van der Waals surface area contributed by atoms with Gasteiger partial charge in [0.1, 0.15) is 0 Å². The molecule has 1 aliphatic rings. The summed E-state index contributed by atoms with van der Waals surface area (Å²) >= 11 is 0. The fourth-order valence-electron chi connectivity index (χ4n) is 3.10. The molecule has 1 heterocycles. The molecule has 1 N–H and O–H groups in total. The predicted molar refractivity (Wildman–Crippen MR) is 97.8 cm³/mol. The summed E-state index contributed by atoms with van der Waals surface area (Å²) < 4.78 is 10.4. The lowest BCUT2D eigenvalue weighted by Crippen LogP contribution is -2.47. The summed E-state index contributed by atoms with van der Waals surface area (Å²) in [4.78, 5) is 38.9. The molecule has 0 bridgehead atoms. The minimum absolute atomic E-state index is 0.0710. The number of piperidine rings is 1. The van der Waals surface area contributed by atoms with Crippen LogP contribution in [0.5, 0.6) is 11.5 Å². The van der Waals surface area contributed by atoms with Crippen molar-refractivity contribution in [1.82, 2.24) is 9.80 Å². The zero-order chi connectivity index (χ0) is 20.0. The minimum Gasteiger partial charge on any atom is -0.493 e. The van der Waals surface area contributed by atoms with E-state index in [-0.39, 0.29) is 31.3 Å². The van der Waals surface area contributed by atoms with Crippen LogP contribution in [0.3, 0.4) is 0 Å². The van der Waals surface area contributed by atoms with E-state index in [0.29, 0.717) is 30.9 Å². The number of rotatable bonds is 7. The zero-order valence-corrected chi connectivity index (χ0v) is 15.9. The molecule has 1 aromatic carbocycles. The summed E-state index contributed by atoms with van der Waals surface area (Å²) in [5.74, 6) is -0.739. The van der Waals surface area contributed by atoms with Crippen molar-refractivity contribution in [3.63, 3.8) is 0 Å². The normalized spacial score (nSPS) is 16.6. The first kappa shape index (κ1) is 20.5. The minimum atomic E-state index is -0.884. The van der Waals surface area contributed by atoms with Crippen LogP contribution in [-0.2, 0) is 20.8 Å². The van der Waals surface area contributed by atoms with E-state index in [4.69, 9.17) is 14.6 Å². The fourth-order valence-corrected chi connectivity index (χ4v) is 3.10. The Hall–Kier alpha value is -2.77. The SMILES string of the molecule is COc1ccc(CC(=O)N(C)CC(=O)N2CCCC(C(=O)O)C2)cc1OC. The quantitative estimate of drug-likeness (QED) is 0.761. The third-order valence-electron chi connectivity index (χ3n) is 4.72. The molecular formula is C19H26N2O6. The number of likely N-dealkylation sites (tertiary alicyclic amines) is 1. The molecule has 1 saturated heterocycles. The summed E-state index contributed by atoms with van der Waals surface area (Å²) in [6.45, 7) is 0.657. The topological polar surface area (TPSA) is 96.4 Å². The fraction of sp³-hybridized carbons (Fsp3) is 0.526. The second-order valence-corrected chi connectivity index (χ2v) is 6.63. The molecule has 148 valence electrons. The summed E-state index contributed by atoms with van der Waals surface area (Å²) in [6.07, 6.45) is 1.36. The van der Waals surface area contributed by atoms with E-state index in [0.717, 1.165) is 5.56 Å². The zero-order valence-electron chi connectivity index (χ0n) is 15.9. The molecule has 1 aromatic rings. The molecule has 0 spiro atoms. The lowest BCUT2D eigenvalue weighted by atomic mass is 9.98. The van der Waals surface area contributed by atoms with Crippen molar-refractivity contribution in [2.45, 2.75) is 19.3 Å². The Labute approximate surface area is 158 Å². The molecule has 8 nitrogen and oxygen atoms in total. The van der Waals surface area contributed by atoms with Gasteiger partial charge in [-0.1, -0.05) is 6.07 Å². The number of hydrogen-bond acceptors (Lipinski definition) is 5. The Morgan fingerprint density at radius 1 is 1.22 bits per heavy atom. The van der Waals surface area contributed by atoms with Gasteiger partial charge >= 0.3 is 5.97 Å². The summed E-state index contributed by atoms with van der Waals surface area (Å²) in [5.41, 5.74) is 0.751. The number of carboxylic acid groups (broad SMARTS) is 1. The Balaban J connectivity index is 1.93. The average molecular weight is 378 g/mol. The first-order chi connectivity index (χ1) is 12.8. The Bertz CT molecular complexity index is 705.